The Morgan fingerprint density at radius 3 is 2.00 bits per heavy atom. The van der Waals surface area contributed by atoms with Gasteiger partial charge in [-0.15, -0.1) is 0 Å². The maximum absolute atomic E-state index is 6.17. The van der Waals surface area contributed by atoms with Gasteiger partial charge >= 0.3 is 0 Å². The molecule has 17 heavy (non-hydrogen) atoms. The van der Waals surface area contributed by atoms with Crippen LogP contribution in [0.2, 0.25) is 0 Å². The summed E-state index contributed by atoms with van der Waals surface area (Å²) in [6.45, 7) is 17.2. The summed E-state index contributed by atoms with van der Waals surface area (Å²) in [5.74, 6) is 0.709. The second kappa shape index (κ2) is 6.17. The van der Waals surface area contributed by atoms with Crippen molar-refractivity contribution in [1.82, 2.24) is 9.80 Å². The smallest absolute Gasteiger partial charge is 0.0170 e. The van der Waals surface area contributed by atoms with Crippen molar-refractivity contribution in [2.75, 3.05) is 32.7 Å². The van der Waals surface area contributed by atoms with Crippen LogP contribution >= 0.6 is 0 Å². The molecule has 0 amide bonds. The lowest BCUT2D eigenvalue weighted by Gasteiger charge is -2.42. The molecular weight excluding hydrogens is 210 g/mol. The Morgan fingerprint density at radius 1 is 1.06 bits per heavy atom. The highest BCUT2D eigenvalue weighted by atomic mass is 15.3. The zero-order valence-corrected chi connectivity index (χ0v) is 12.4. The van der Waals surface area contributed by atoms with Crippen LogP contribution in [0.3, 0.4) is 0 Å². The summed E-state index contributed by atoms with van der Waals surface area (Å²) >= 11 is 0. The number of nitrogens with zero attached hydrogens (tertiary/aromatic N) is 2. The number of hydrogen-bond acceptors (Lipinski definition) is 3. The van der Waals surface area contributed by atoms with E-state index in [2.05, 4.69) is 44.4 Å². The minimum atomic E-state index is 0.312. The van der Waals surface area contributed by atoms with Crippen molar-refractivity contribution in [1.29, 1.82) is 0 Å². The fourth-order valence-electron chi connectivity index (χ4n) is 2.61. The maximum Gasteiger partial charge on any atom is 0.0170 e. The largest absolute Gasteiger partial charge is 0.327 e. The second-order valence-electron chi connectivity index (χ2n) is 6.85. The predicted octanol–water partition coefficient (Wildman–Crippen LogP) is 1.78. The van der Waals surface area contributed by atoms with Gasteiger partial charge in [-0.2, -0.15) is 0 Å². The van der Waals surface area contributed by atoms with Crippen LogP contribution in [-0.2, 0) is 0 Å². The molecule has 1 atom stereocenters. The summed E-state index contributed by atoms with van der Waals surface area (Å²) in [4.78, 5) is 5.09. The molecule has 3 heteroatoms. The van der Waals surface area contributed by atoms with Crippen molar-refractivity contribution in [3.05, 3.63) is 0 Å². The third-order valence-corrected chi connectivity index (χ3v) is 3.59. The lowest BCUT2D eigenvalue weighted by atomic mass is 10.0. The molecule has 1 aliphatic heterocycles. The van der Waals surface area contributed by atoms with Crippen molar-refractivity contribution >= 4 is 0 Å². The van der Waals surface area contributed by atoms with Gasteiger partial charge in [0.2, 0.25) is 0 Å². The summed E-state index contributed by atoms with van der Waals surface area (Å²) in [5, 5.41) is 0. The molecule has 1 saturated heterocycles. The van der Waals surface area contributed by atoms with E-state index in [0.29, 0.717) is 17.5 Å². The second-order valence-corrected chi connectivity index (χ2v) is 6.85. The summed E-state index contributed by atoms with van der Waals surface area (Å²) in [6, 6.07) is 0.344. The van der Waals surface area contributed by atoms with Crippen molar-refractivity contribution < 1.29 is 0 Å². The Labute approximate surface area is 107 Å². The molecule has 0 aromatic rings. The topological polar surface area (TPSA) is 32.5 Å². The Balaban J connectivity index is 2.28. The third-order valence-electron chi connectivity index (χ3n) is 3.59. The molecule has 2 N–H and O–H groups in total. The number of piperazine rings is 1. The van der Waals surface area contributed by atoms with E-state index in [1.54, 1.807) is 0 Å². The van der Waals surface area contributed by atoms with E-state index in [0.717, 1.165) is 13.0 Å². The highest BCUT2D eigenvalue weighted by molar-refractivity contribution is 4.83. The Hall–Kier alpha value is -0.120. The molecule has 0 spiro atoms. The van der Waals surface area contributed by atoms with E-state index in [1.807, 2.05) is 0 Å². The molecule has 0 radical (unpaired) electrons. The summed E-state index contributed by atoms with van der Waals surface area (Å²) in [6.07, 6.45) is 1.14. The van der Waals surface area contributed by atoms with Crippen molar-refractivity contribution in [3.8, 4) is 0 Å². The van der Waals surface area contributed by atoms with Crippen LogP contribution in [0, 0.1) is 5.92 Å². The van der Waals surface area contributed by atoms with Crippen LogP contribution in [-0.4, -0.2) is 54.1 Å². The van der Waals surface area contributed by atoms with Gasteiger partial charge in [0, 0.05) is 44.3 Å². The van der Waals surface area contributed by atoms with Gasteiger partial charge < -0.3 is 5.73 Å². The highest BCUT2D eigenvalue weighted by Gasteiger charge is 2.26. The Morgan fingerprint density at radius 2 is 1.59 bits per heavy atom. The molecule has 102 valence electrons. The molecule has 1 fully saturated rings. The predicted molar refractivity (Wildman–Crippen MR) is 75.2 cm³/mol. The molecule has 1 rings (SSSR count). The monoisotopic (exact) mass is 241 g/mol. The van der Waals surface area contributed by atoms with E-state index < -0.39 is 0 Å². The van der Waals surface area contributed by atoms with Gasteiger partial charge in [-0.1, -0.05) is 13.8 Å². The minimum Gasteiger partial charge on any atom is -0.327 e. The average Bonchev–Trinajstić information content (AvgIpc) is 2.15. The van der Waals surface area contributed by atoms with E-state index in [-0.39, 0.29) is 0 Å². The van der Waals surface area contributed by atoms with Crippen LogP contribution in [0.25, 0.3) is 0 Å². The Bertz CT molecular complexity index is 212. The zero-order valence-electron chi connectivity index (χ0n) is 12.4. The quantitative estimate of drug-likeness (QED) is 0.814. The van der Waals surface area contributed by atoms with E-state index in [1.165, 1.54) is 26.2 Å². The van der Waals surface area contributed by atoms with Gasteiger partial charge in [-0.25, -0.2) is 0 Å². The minimum absolute atomic E-state index is 0.312. The molecule has 3 nitrogen and oxygen atoms in total. The van der Waals surface area contributed by atoms with Crippen molar-refractivity contribution in [2.45, 2.75) is 52.6 Å². The SMILES string of the molecule is CC(C)C[C@@H](N)CN1CCN(C(C)(C)C)CC1. The molecular formula is C14H31N3. The molecule has 0 unspecified atom stereocenters. The maximum atomic E-state index is 6.17. The lowest BCUT2D eigenvalue weighted by molar-refractivity contribution is 0.0590. The summed E-state index contributed by atoms with van der Waals surface area (Å²) in [7, 11) is 0. The molecule has 0 bridgehead atoms. The first-order valence-corrected chi connectivity index (χ1v) is 7.02. The normalized spacial score (nSPS) is 22.1. The van der Waals surface area contributed by atoms with Crippen LogP contribution < -0.4 is 5.73 Å². The van der Waals surface area contributed by atoms with Gasteiger partial charge in [-0.3, -0.25) is 9.80 Å². The van der Waals surface area contributed by atoms with E-state index >= 15 is 0 Å². The number of rotatable bonds is 4. The van der Waals surface area contributed by atoms with Crippen LogP contribution in [0.5, 0.6) is 0 Å². The van der Waals surface area contributed by atoms with Crippen LogP contribution in [0.1, 0.15) is 41.0 Å². The van der Waals surface area contributed by atoms with E-state index in [4.69, 9.17) is 5.73 Å². The van der Waals surface area contributed by atoms with Crippen LogP contribution in [0.15, 0.2) is 0 Å². The summed E-state index contributed by atoms with van der Waals surface area (Å²) < 4.78 is 0. The first kappa shape index (κ1) is 14.9. The van der Waals surface area contributed by atoms with Gasteiger partial charge in [0.05, 0.1) is 0 Å². The lowest BCUT2D eigenvalue weighted by Crippen LogP contribution is -2.55. The van der Waals surface area contributed by atoms with Gasteiger partial charge in [0.1, 0.15) is 0 Å². The van der Waals surface area contributed by atoms with Crippen molar-refractivity contribution in [3.63, 3.8) is 0 Å². The van der Waals surface area contributed by atoms with E-state index in [9.17, 15) is 0 Å². The molecule has 0 aliphatic carbocycles. The molecule has 0 saturated carbocycles. The summed E-state index contributed by atoms with van der Waals surface area (Å²) in [5.41, 5.74) is 6.48. The fraction of sp³-hybridized carbons (Fsp3) is 1.00. The van der Waals surface area contributed by atoms with Gasteiger partial charge in [0.25, 0.3) is 0 Å². The molecule has 1 heterocycles. The number of nitrogens with two attached hydrogens (primary N) is 1. The number of hydrogen-bond donors (Lipinski definition) is 1. The zero-order chi connectivity index (χ0) is 13.1. The van der Waals surface area contributed by atoms with Gasteiger partial charge in [-0.05, 0) is 33.1 Å². The highest BCUT2D eigenvalue weighted by Crippen LogP contribution is 2.16. The first-order valence-electron chi connectivity index (χ1n) is 7.02. The van der Waals surface area contributed by atoms with Crippen LogP contribution in [0.4, 0.5) is 0 Å². The third kappa shape index (κ3) is 5.36. The van der Waals surface area contributed by atoms with Gasteiger partial charge in [0.15, 0.2) is 0 Å². The molecule has 1 aliphatic rings. The first-order chi connectivity index (χ1) is 7.79. The average molecular weight is 241 g/mol. The Kier molecular flexibility index (Phi) is 5.42. The molecule has 0 aromatic heterocycles. The fourth-order valence-corrected chi connectivity index (χ4v) is 2.61. The standard InChI is InChI=1S/C14H31N3/c1-12(2)10-13(15)11-16-6-8-17(9-7-16)14(3,4)5/h12-13H,6-11,15H2,1-5H3/t13-/m1/s1. The van der Waals surface area contributed by atoms with Crippen molar-refractivity contribution in [2.24, 2.45) is 11.7 Å². The molecule has 0 aromatic carbocycles.